The van der Waals surface area contributed by atoms with Gasteiger partial charge in [-0.3, -0.25) is 4.79 Å². The van der Waals surface area contributed by atoms with Crippen LogP contribution < -0.4 is 0 Å². The van der Waals surface area contributed by atoms with Gasteiger partial charge in [-0.25, -0.2) is 0 Å². The molecule has 2 fully saturated rings. The van der Waals surface area contributed by atoms with E-state index in [2.05, 4.69) is 25.9 Å². The summed E-state index contributed by atoms with van der Waals surface area (Å²) in [7, 11) is 0. The summed E-state index contributed by atoms with van der Waals surface area (Å²) in [5, 5.41) is 4.44. The molecule has 0 heterocycles. The number of oxime groups is 1. The normalized spacial score (nSPS) is 36.2. The third-order valence-electron chi connectivity index (χ3n) is 5.29. The molecule has 0 amide bonds. The first-order valence-corrected chi connectivity index (χ1v) is 8.83. The number of carbonyl (C=O) groups is 1. The van der Waals surface area contributed by atoms with Crippen molar-refractivity contribution in [2.75, 3.05) is 6.61 Å². The Labute approximate surface area is 134 Å². The highest BCUT2D eigenvalue weighted by molar-refractivity contribution is 5.84. The molecule has 2 atom stereocenters. The Kier molecular flexibility index (Phi) is 5.87. The molecule has 2 aliphatic carbocycles. The predicted octanol–water partition coefficient (Wildman–Crippen LogP) is 4.33. The van der Waals surface area contributed by atoms with Crippen molar-refractivity contribution in [2.45, 2.75) is 78.2 Å². The summed E-state index contributed by atoms with van der Waals surface area (Å²) in [5.74, 6) is 1.24. The second-order valence-electron chi connectivity index (χ2n) is 7.42. The monoisotopic (exact) mass is 309 g/mol. The van der Waals surface area contributed by atoms with Crippen molar-refractivity contribution < 1.29 is 14.4 Å². The predicted molar refractivity (Wildman–Crippen MR) is 87.7 cm³/mol. The van der Waals surface area contributed by atoms with Gasteiger partial charge in [0, 0.05) is 5.92 Å². The summed E-state index contributed by atoms with van der Waals surface area (Å²) in [6.45, 7) is 8.86. The van der Waals surface area contributed by atoms with E-state index >= 15 is 0 Å². The first kappa shape index (κ1) is 17.3. The van der Waals surface area contributed by atoms with Crippen molar-refractivity contribution >= 4 is 11.7 Å². The Morgan fingerprint density at radius 1 is 1.18 bits per heavy atom. The molecular weight excluding hydrogens is 278 g/mol. The molecule has 2 unspecified atom stereocenters. The van der Waals surface area contributed by atoms with Crippen LogP contribution in [0.3, 0.4) is 0 Å². The lowest BCUT2D eigenvalue weighted by molar-refractivity contribution is -0.149. The maximum absolute atomic E-state index is 11.8. The molecule has 0 bridgehead atoms. The molecule has 0 spiro atoms. The molecule has 0 aromatic heterocycles. The number of esters is 1. The van der Waals surface area contributed by atoms with Gasteiger partial charge >= 0.3 is 5.97 Å². The van der Waals surface area contributed by atoms with Crippen LogP contribution in [0.2, 0.25) is 0 Å². The Morgan fingerprint density at radius 3 is 2.36 bits per heavy atom. The second-order valence-corrected chi connectivity index (χ2v) is 7.42. The van der Waals surface area contributed by atoms with Crippen LogP contribution in [-0.4, -0.2) is 23.9 Å². The molecule has 0 aliphatic heterocycles. The lowest BCUT2D eigenvalue weighted by atomic mass is 9.80. The van der Waals surface area contributed by atoms with E-state index in [0.29, 0.717) is 12.5 Å². The van der Waals surface area contributed by atoms with Crippen LogP contribution in [0.25, 0.3) is 0 Å². The Bertz CT molecular complexity index is 413. The van der Waals surface area contributed by atoms with Crippen molar-refractivity contribution in [1.29, 1.82) is 0 Å². The largest absolute Gasteiger partial charge is 0.466 e. The minimum Gasteiger partial charge on any atom is -0.466 e. The molecule has 4 heteroatoms. The van der Waals surface area contributed by atoms with Crippen LogP contribution in [-0.2, 0) is 14.4 Å². The standard InChI is InChI=1S/C18H31NO3/c1-5-21-17(20)16-8-6-15(7-9-16)14(3)19-22-18(4)11-10-13(2)12-18/h13,15-16H,5-12H2,1-4H3/b19-14+. The minimum absolute atomic E-state index is 0.0285. The summed E-state index contributed by atoms with van der Waals surface area (Å²) >= 11 is 0. The van der Waals surface area contributed by atoms with Crippen LogP contribution >= 0.6 is 0 Å². The fraction of sp³-hybridized carbons (Fsp3) is 0.889. The number of nitrogens with zero attached hydrogens (tertiary/aromatic N) is 1. The lowest BCUT2D eigenvalue weighted by Crippen LogP contribution is -2.28. The summed E-state index contributed by atoms with van der Waals surface area (Å²) in [5.41, 5.74) is 1.01. The summed E-state index contributed by atoms with van der Waals surface area (Å²) < 4.78 is 5.12. The van der Waals surface area contributed by atoms with Crippen molar-refractivity contribution in [3.8, 4) is 0 Å². The highest BCUT2D eigenvalue weighted by Gasteiger charge is 2.36. The average Bonchev–Trinajstić information content (AvgIpc) is 2.85. The van der Waals surface area contributed by atoms with E-state index in [4.69, 9.17) is 9.57 Å². The van der Waals surface area contributed by atoms with Gasteiger partial charge in [0.1, 0.15) is 5.60 Å². The average molecular weight is 309 g/mol. The fourth-order valence-electron chi connectivity index (χ4n) is 3.84. The second kappa shape index (κ2) is 7.47. The fourth-order valence-corrected chi connectivity index (χ4v) is 3.84. The Balaban J connectivity index is 1.80. The Hall–Kier alpha value is -1.06. The molecule has 22 heavy (non-hydrogen) atoms. The highest BCUT2D eigenvalue weighted by Crippen LogP contribution is 2.37. The van der Waals surface area contributed by atoms with Crippen molar-refractivity contribution in [1.82, 2.24) is 0 Å². The highest BCUT2D eigenvalue weighted by atomic mass is 16.6. The zero-order chi connectivity index (χ0) is 16.2. The van der Waals surface area contributed by atoms with Crippen molar-refractivity contribution in [3.05, 3.63) is 0 Å². The van der Waals surface area contributed by atoms with E-state index < -0.39 is 0 Å². The molecule has 126 valence electrons. The van der Waals surface area contributed by atoms with Gasteiger partial charge in [0.2, 0.25) is 0 Å². The van der Waals surface area contributed by atoms with Gasteiger partial charge in [-0.2, -0.15) is 0 Å². The zero-order valence-electron chi connectivity index (χ0n) is 14.6. The molecule has 2 rings (SSSR count). The number of carbonyl (C=O) groups excluding carboxylic acids is 1. The molecule has 2 saturated carbocycles. The molecule has 0 N–H and O–H groups in total. The molecule has 0 aromatic rings. The number of hydrogen-bond donors (Lipinski definition) is 0. The van der Waals surface area contributed by atoms with E-state index in [1.54, 1.807) is 0 Å². The van der Waals surface area contributed by atoms with Crippen LogP contribution in [0.15, 0.2) is 5.16 Å². The first-order chi connectivity index (χ1) is 10.4. The molecule has 0 radical (unpaired) electrons. The van der Waals surface area contributed by atoms with Crippen LogP contribution in [0.5, 0.6) is 0 Å². The SMILES string of the molecule is CCOC(=O)C1CCC(/C(C)=N/OC2(C)CCC(C)C2)CC1. The van der Waals surface area contributed by atoms with Gasteiger partial charge in [0.25, 0.3) is 0 Å². The number of rotatable bonds is 5. The first-order valence-electron chi connectivity index (χ1n) is 8.83. The maximum Gasteiger partial charge on any atom is 0.308 e. The van der Waals surface area contributed by atoms with Crippen molar-refractivity contribution in [2.24, 2.45) is 22.9 Å². The molecule has 0 aromatic carbocycles. The molecule has 0 saturated heterocycles. The topological polar surface area (TPSA) is 47.9 Å². The van der Waals surface area contributed by atoms with E-state index in [1.165, 1.54) is 6.42 Å². The van der Waals surface area contributed by atoms with Gasteiger partial charge < -0.3 is 9.57 Å². The number of ether oxygens (including phenoxy) is 1. The molecule has 4 nitrogen and oxygen atoms in total. The van der Waals surface area contributed by atoms with E-state index in [1.807, 2.05) is 6.92 Å². The van der Waals surface area contributed by atoms with Gasteiger partial charge in [0.05, 0.1) is 18.2 Å². The summed E-state index contributed by atoms with van der Waals surface area (Å²) in [6.07, 6.45) is 7.26. The van der Waals surface area contributed by atoms with Crippen LogP contribution in [0, 0.1) is 17.8 Å². The van der Waals surface area contributed by atoms with Gasteiger partial charge in [0.15, 0.2) is 0 Å². The lowest BCUT2D eigenvalue weighted by Gasteiger charge is -2.28. The van der Waals surface area contributed by atoms with E-state index in [0.717, 1.165) is 50.2 Å². The van der Waals surface area contributed by atoms with Gasteiger partial charge in [-0.05, 0) is 71.6 Å². The smallest absolute Gasteiger partial charge is 0.308 e. The quantitative estimate of drug-likeness (QED) is 0.431. The summed E-state index contributed by atoms with van der Waals surface area (Å²) in [4.78, 5) is 17.7. The maximum atomic E-state index is 11.8. The molecule has 2 aliphatic rings. The Morgan fingerprint density at radius 2 is 1.82 bits per heavy atom. The minimum atomic E-state index is -0.0805. The zero-order valence-corrected chi connectivity index (χ0v) is 14.6. The van der Waals surface area contributed by atoms with Crippen LogP contribution in [0.4, 0.5) is 0 Å². The van der Waals surface area contributed by atoms with Crippen molar-refractivity contribution in [3.63, 3.8) is 0 Å². The summed E-state index contributed by atoms with van der Waals surface area (Å²) in [6, 6.07) is 0. The third kappa shape index (κ3) is 4.47. The number of hydrogen-bond acceptors (Lipinski definition) is 4. The van der Waals surface area contributed by atoms with Crippen LogP contribution in [0.1, 0.15) is 72.6 Å². The van der Waals surface area contributed by atoms with E-state index in [9.17, 15) is 4.79 Å². The van der Waals surface area contributed by atoms with Gasteiger partial charge in [-0.15, -0.1) is 0 Å². The molecular formula is C18H31NO3. The third-order valence-corrected chi connectivity index (χ3v) is 5.29. The van der Waals surface area contributed by atoms with Gasteiger partial charge in [-0.1, -0.05) is 12.1 Å². The van der Waals surface area contributed by atoms with E-state index in [-0.39, 0.29) is 17.5 Å².